The molecule has 1 aliphatic heterocycles. The molecule has 21 heavy (non-hydrogen) atoms. The molecular weight excluding hydrogens is 286 g/mol. The monoisotopic (exact) mass is 307 g/mol. The fourth-order valence-electron chi connectivity index (χ4n) is 2.97. The fraction of sp³-hybridized carbons (Fsp3) is 0.643. The number of hydrogen-bond donors (Lipinski definition) is 1. The van der Waals surface area contributed by atoms with E-state index in [2.05, 4.69) is 20.3 Å². The molecule has 0 radical (unpaired) electrons. The summed E-state index contributed by atoms with van der Waals surface area (Å²) in [6.45, 7) is 5.92. The molecule has 114 valence electrons. The van der Waals surface area contributed by atoms with Gasteiger partial charge in [0, 0.05) is 18.3 Å². The Hall–Kier alpha value is -1.31. The Bertz CT molecular complexity index is 678. The molecular formula is C14H21N5OS. The van der Waals surface area contributed by atoms with Gasteiger partial charge in [-0.25, -0.2) is 4.98 Å². The van der Waals surface area contributed by atoms with Crippen molar-refractivity contribution in [1.29, 1.82) is 0 Å². The van der Waals surface area contributed by atoms with Crippen molar-refractivity contribution in [2.75, 3.05) is 26.7 Å². The second-order valence-corrected chi connectivity index (χ2v) is 6.77. The van der Waals surface area contributed by atoms with E-state index in [4.69, 9.17) is 0 Å². The van der Waals surface area contributed by atoms with E-state index < -0.39 is 0 Å². The lowest BCUT2D eigenvalue weighted by molar-refractivity contribution is 0.166. The topological polar surface area (TPSA) is 62.5 Å². The Morgan fingerprint density at radius 2 is 2.38 bits per heavy atom. The predicted molar refractivity (Wildman–Crippen MR) is 83.8 cm³/mol. The third-order valence-corrected chi connectivity index (χ3v) is 4.76. The third kappa shape index (κ3) is 3.30. The summed E-state index contributed by atoms with van der Waals surface area (Å²) in [5.74, 6) is 0.709. The molecule has 6 nitrogen and oxygen atoms in total. The number of hydrogen-bond acceptors (Lipinski definition) is 6. The summed E-state index contributed by atoms with van der Waals surface area (Å²) in [5.41, 5.74) is 0.661. The largest absolute Gasteiger partial charge is 0.319 e. The minimum atomic E-state index is -0.0910. The molecule has 0 amide bonds. The number of nitrogens with zero attached hydrogens (tertiary/aromatic N) is 4. The van der Waals surface area contributed by atoms with Crippen LogP contribution in [0.5, 0.6) is 0 Å². The SMILES string of the molecule is CNCC1CCCN(Cc2nn3c(=O)cc(C)nc3s2)C1. The summed E-state index contributed by atoms with van der Waals surface area (Å²) in [6, 6.07) is 1.53. The average molecular weight is 307 g/mol. The highest BCUT2D eigenvalue weighted by atomic mass is 32.1. The molecule has 1 atom stereocenters. The Kier molecular flexibility index (Phi) is 4.32. The molecule has 1 saturated heterocycles. The highest BCUT2D eigenvalue weighted by Crippen LogP contribution is 2.20. The lowest BCUT2D eigenvalue weighted by Gasteiger charge is -2.31. The van der Waals surface area contributed by atoms with Crippen LogP contribution in [0.15, 0.2) is 10.9 Å². The number of nitrogens with one attached hydrogen (secondary N) is 1. The fourth-order valence-corrected chi connectivity index (χ4v) is 3.95. The average Bonchev–Trinajstić information content (AvgIpc) is 2.82. The van der Waals surface area contributed by atoms with E-state index in [0.717, 1.165) is 36.9 Å². The molecule has 1 aliphatic rings. The molecule has 2 aromatic rings. The molecule has 7 heteroatoms. The van der Waals surface area contributed by atoms with Gasteiger partial charge < -0.3 is 5.32 Å². The van der Waals surface area contributed by atoms with Gasteiger partial charge in [-0.15, -0.1) is 0 Å². The molecule has 0 bridgehead atoms. The van der Waals surface area contributed by atoms with Gasteiger partial charge in [0.1, 0.15) is 5.01 Å². The van der Waals surface area contributed by atoms with Gasteiger partial charge in [-0.3, -0.25) is 9.69 Å². The maximum absolute atomic E-state index is 11.9. The van der Waals surface area contributed by atoms with Crippen molar-refractivity contribution in [3.8, 4) is 0 Å². The van der Waals surface area contributed by atoms with Gasteiger partial charge in [0.2, 0.25) is 4.96 Å². The van der Waals surface area contributed by atoms with Gasteiger partial charge in [-0.1, -0.05) is 11.3 Å². The van der Waals surface area contributed by atoms with E-state index in [-0.39, 0.29) is 5.56 Å². The Morgan fingerprint density at radius 3 is 3.19 bits per heavy atom. The summed E-state index contributed by atoms with van der Waals surface area (Å²) in [4.78, 5) is 19.4. The summed E-state index contributed by atoms with van der Waals surface area (Å²) in [5, 5.41) is 8.65. The number of aryl methyl sites for hydroxylation is 1. The number of rotatable bonds is 4. The number of aromatic nitrogens is 3. The Morgan fingerprint density at radius 1 is 1.52 bits per heavy atom. The summed E-state index contributed by atoms with van der Waals surface area (Å²) < 4.78 is 1.42. The second-order valence-electron chi connectivity index (χ2n) is 5.73. The van der Waals surface area contributed by atoms with Crippen LogP contribution in [-0.2, 0) is 6.54 Å². The molecule has 3 heterocycles. The first-order valence-electron chi connectivity index (χ1n) is 7.39. The van der Waals surface area contributed by atoms with Crippen molar-refractivity contribution in [3.63, 3.8) is 0 Å². The van der Waals surface area contributed by atoms with Gasteiger partial charge in [0.05, 0.1) is 6.54 Å². The van der Waals surface area contributed by atoms with Gasteiger partial charge in [0.15, 0.2) is 0 Å². The third-order valence-electron chi connectivity index (χ3n) is 3.87. The first-order chi connectivity index (χ1) is 10.2. The zero-order valence-electron chi connectivity index (χ0n) is 12.5. The van der Waals surface area contributed by atoms with E-state index in [1.807, 2.05) is 14.0 Å². The maximum Gasteiger partial charge on any atom is 0.275 e. The van der Waals surface area contributed by atoms with Crippen LogP contribution >= 0.6 is 11.3 Å². The lowest BCUT2D eigenvalue weighted by atomic mass is 9.98. The molecule has 3 rings (SSSR count). The smallest absolute Gasteiger partial charge is 0.275 e. The van der Waals surface area contributed by atoms with Crippen molar-refractivity contribution in [3.05, 3.63) is 27.1 Å². The summed E-state index contributed by atoms with van der Waals surface area (Å²) in [6.07, 6.45) is 2.52. The molecule has 0 saturated carbocycles. The zero-order chi connectivity index (χ0) is 14.8. The molecule has 1 fully saturated rings. The van der Waals surface area contributed by atoms with Crippen LogP contribution < -0.4 is 10.9 Å². The van der Waals surface area contributed by atoms with Crippen molar-refractivity contribution < 1.29 is 0 Å². The second kappa shape index (κ2) is 6.21. The first kappa shape index (κ1) is 14.6. The van der Waals surface area contributed by atoms with E-state index in [1.54, 1.807) is 0 Å². The highest BCUT2D eigenvalue weighted by Gasteiger charge is 2.20. The molecule has 0 aliphatic carbocycles. The van der Waals surface area contributed by atoms with E-state index >= 15 is 0 Å². The normalized spacial score (nSPS) is 20.2. The van der Waals surface area contributed by atoms with Gasteiger partial charge in [-0.05, 0) is 45.8 Å². The molecule has 1 N–H and O–H groups in total. The Labute approximate surface area is 127 Å². The van der Waals surface area contributed by atoms with Crippen LogP contribution in [0.1, 0.15) is 23.5 Å². The van der Waals surface area contributed by atoms with Crippen molar-refractivity contribution in [2.24, 2.45) is 5.92 Å². The van der Waals surface area contributed by atoms with Gasteiger partial charge in [0.25, 0.3) is 5.56 Å². The quantitative estimate of drug-likeness (QED) is 0.909. The van der Waals surface area contributed by atoms with Crippen LogP contribution in [0, 0.1) is 12.8 Å². The molecule has 0 spiro atoms. The predicted octanol–water partition coefficient (Wildman–Crippen LogP) is 0.891. The maximum atomic E-state index is 11.9. The summed E-state index contributed by atoms with van der Waals surface area (Å²) >= 11 is 1.52. The highest BCUT2D eigenvalue weighted by molar-refractivity contribution is 7.16. The zero-order valence-corrected chi connectivity index (χ0v) is 13.3. The van der Waals surface area contributed by atoms with Crippen LogP contribution in [0.3, 0.4) is 0 Å². The number of likely N-dealkylation sites (tertiary alicyclic amines) is 1. The minimum absolute atomic E-state index is 0.0910. The standard InChI is InChI=1S/C14H21N5OS/c1-10-6-13(20)19-14(16-10)21-12(17-19)9-18-5-3-4-11(8-18)7-15-2/h6,11,15H,3-5,7-9H2,1-2H3. The van der Waals surface area contributed by atoms with E-state index in [9.17, 15) is 4.79 Å². The summed E-state index contributed by atoms with van der Waals surface area (Å²) in [7, 11) is 2.01. The first-order valence-corrected chi connectivity index (χ1v) is 8.20. The van der Waals surface area contributed by atoms with Gasteiger partial charge in [-0.2, -0.15) is 9.61 Å². The van der Waals surface area contributed by atoms with E-state index in [0.29, 0.717) is 10.9 Å². The van der Waals surface area contributed by atoms with Crippen molar-refractivity contribution >= 4 is 16.3 Å². The number of piperidine rings is 1. The lowest BCUT2D eigenvalue weighted by Crippen LogP contribution is -2.38. The van der Waals surface area contributed by atoms with Crippen molar-refractivity contribution in [2.45, 2.75) is 26.3 Å². The van der Waals surface area contributed by atoms with Crippen LogP contribution in [0.4, 0.5) is 0 Å². The molecule has 2 aromatic heterocycles. The van der Waals surface area contributed by atoms with Crippen LogP contribution in [0.2, 0.25) is 0 Å². The minimum Gasteiger partial charge on any atom is -0.319 e. The Balaban J connectivity index is 1.75. The molecule has 0 aromatic carbocycles. The van der Waals surface area contributed by atoms with Gasteiger partial charge >= 0.3 is 0 Å². The van der Waals surface area contributed by atoms with Crippen LogP contribution in [-0.4, -0.2) is 46.2 Å². The number of fused-ring (bicyclic) bond motifs is 1. The molecule has 1 unspecified atom stereocenters. The van der Waals surface area contributed by atoms with Crippen LogP contribution in [0.25, 0.3) is 4.96 Å². The van der Waals surface area contributed by atoms with E-state index in [1.165, 1.54) is 34.8 Å². The van der Waals surface area contributed by atoms with Crippen molar-refractivity contribution in [1.82, 2.24) is 24.8 Å².